The first-order valence-corrected chi connectivity index (χ1v) is 6.12. The Labute approximate surface area is 111 Å². The zero-order valence-corrected chi connectivity index (χ0v) is 10.9. The van der Waals surface area contributed by atoms with Crippen molar-refractivity contribution in [1.29, 1.82) is 0 Å². The minimum absolute atomic E-state index is 0.0483. The predicted molar refractivity (Wildman–Crippen MR) is 73.0 cm³/mol. The molecule has 0 fully saturated rings. The van der Waals surface area contributed by atoms with Crippen molar-refractivity contribution < 1.29 is 13.9 Å². The summed E-state index contributed by atoms with van der Waals surface area (Å²) in [6, 6.07) is 12.0. The van der Waals surface area contributed by atoms with Crippen molar-refractivity contribution in [3.63, 3.8) is 0 Å². The fourth-order valence-corrected chi connectivity index (χ4v) is 1.86. The van der Waals surface area contributed by atoms with Crippen LogP contribution in [0.1, 0.15) is 24.2 Å². The lowest BCUT2D eigenvalue weighted by Gasteiger charge is -2.14. The molecular weight excluding hydrogens is 243 g/mol. The van der Waals surface area contributed by atoms with Gasteiger partial charge in [0.05, 0.1) is 11.7 Å². The summed E-state index contributed by atoms with van der Waals surface area (Å²) in [6.07, 6.45) is 0.567. The highest BCUT2D eigenvalue weighted by molar-refractivity contribution is 5.80. The maximum Gasteiger partial charge on any atom is 0.153 e. The van der Waals surface area contributed by atoms with E-state index in [0.717, 1.165) is 16.9 Å². The van der Waals surface area contributed by atoms with Gasteiger partial charge in [-0.25, -0.2) is 4.39 Å². The number of ether oxygens (including phenoxy) is 1. The Balaban J connectivity index is 2.49. The number of carbonyl (C=O) groups is 1. The molecule has 0 radical (unpaired) electrons. The van der Waals surface area contributed by atoms with Crippen molar-refractivity contribution in [1.82, 2.24) is 0 Å². The van der Waals surface area contributed by atoms with Gasteiger partial charge in [0, 0.05) is 5.56 Å². The van der Waals surface area contributed by atoms with Crippen molar-refractivity contribution in [2.75, 3.05) is 0 Å². The molecule has 0 unspecified atom stereocenters. The Kier molecular flexibility index (Phi) is 3.95. The van der Waals surface area contributed by atoms with E-state index in [1.165, 1.54) is 12.1 Å². The molecular formula is C16H15FO2. The largest absolute Gasteiger partial charge is 0.490 e. The topological polar surface area (TPSA) is 26.3 Å². The first-order valence-electron chi connectivity index (χ1n) is 6.12. The van der Waals surface area contributed by atoms with Gasteiger partial charge in [-0.1, -0.05) is 24.3 Å². The highest BCUT2D eigenvalue weighted by Crippen LogP contribution is 2.31. The van der Waals surface area contributed by atoms with Crippen LogP contribution >= 0.6 is 0 Å². The molecule has 0 bridgehead atoms. The molecule has 0 amide bonds. The maximum absolute atomic E-state index is 13.3. The number of rotatable bonds is 4. The zero-order chi connectivity index (χ0) is 13.8. The van der Waals surface area contributed by atoms with Gasteiger partial charge in [0.25, 0.3) is 0 Å². The van der Waals surface area contributed by atoms with Crippen LogP contribution in [0.4, 0.5) is 4.39 Å². The number of hydrogen-bond donors (Lipinski definition) is 0. The van der Waals surface area contributed by atoms with Crippen molar-refractivity contribution in [2.45, 2.75) is 20.0 Å². The van der Waals surface area contributed by atoms with Crippen molar-refractivity contribution >= 4 is 6.29 Å². The van der Waals surface area contributed by atoms with Crippen molar-refractivity contribution in [3.8, 4) is 16.9 Å². The van der Waals surface area contributed by atoms with Gasteiger partial charge in [-0.15, -0.1) is 0 Å². The fraction of sp³-hybridized carbons (Fsp3) is 0.188. The van der Waals surface area contributed by atoms with Gasteiger partial charge in [-0.05, 0) is 37.6 Å². The Morgan fingerprint density at radius 2 is 1.89 bits per heavy atom. The van der Waals surface area contributed by atoms with Gasteiger partial charge in [0.2, 0.25) is 0 Å². The lowest BCUT2D eigenvalue weighted by atomic mass is 10.0. The van der Waals surface area contributed by atoms with Crippen LogP contribution in [0.15, 0.2) is 42.5 Å². The highest BCUT2D eigenvalue weighted by atomic mass is 19.1. The smallest absolute Gasteiger partial charge is 0.153 e. The Morgan fingerprint density at radius 1 is 1.16 bits per heavy atom. The molecule has 0 atom stereocenters. The second-order valence-electron chi connectivity index (χ2n) is 4.52. The molecule has 0 saturated carbocycles. The summed E-state index contributed by atoms with van der Waals surface area (Å²) >= 11 is 0. The van der Waals surface area contributed by atoms with Crippen LogP contribution in [0.5, 0.6) is 5.75 Å². The van der Waals surface area contributed by atoms with E-state index in [-0.39, 0.29) is 11.7 Å². The van der Waals surface area contributed by atoms with E-state index in [4.69, 9.17) is 4.74 Å². The van der Waals surface area contributed by atoms with Gasteiger partial charge in [0.15, 0.2) is 6.29 Å². The fourth-order valence-electron chi connectivity index (χ4n) is 1.86. The van der Waals surface area contributed by atoms with Crippen LogP contribution in [0.3, 0.4) is 0 Å². The standard InChI is InChI=1S/C16H15FO2/c1-11(2)19-16-6-4-3-5-14(16)12-7-8-15(17)13(9-12)10-18/h3-11H,1-2H3. The summed E-state index contributed by atoms with van der Waals surface area (Å²) in [4.78, 5) is 10.8. The molecule has 0 saturated heterocycles. The molecule has 2 rings (SSSR count). The zero-order valence-electron chi connectivity index (χ0n) is 10.9. The summed E-state index contributed by atoms with van der Waals surface area (Å²) in [5.41, 5.74) is 1.66. The summed E-state index contributed by atoms with van der Waals surface area (Å²) in [5, 5.41) is 0. The van der Waals surface area contributed by atoms with Crippen LogP contribution in [0, 0.1) is 5.82 Å². The Bertz CT molecular complexity index is 591. The second-order valence-corrected chi connectivity index (χ2v) is 4.52. The summed E-state index contributed by atoms with van der Waals surface area (Å²) in [6.45, 7) is 3.89. The van der Waals surface area contributed by atoms with E-state index in [1.807, 2.05) is 38.1 Å². The number of aldehydes is 1. The number of halogens is 1. The molecule has 2 aromatic rings. The van der Waals surface area contributed by atoms with Crippen molar-refractivity contribution in [2.24, 2.45) is 0 Å². The third-order valence-electron chi connectivity index (χ3n) is 2.68. The van der Waals surface area contributed by atoms with Gasteiger partial charge >= 0.3 is 0 Å². The quantitative estimate of drug-likeness (QED) is 0.772. The van der Waals surface area contributed by atoms with Crippen LogP contribution in [-0.4, -0.2) is 12.4 Å². The van der Waals surface area contributed by atoms with Crippen LogP contribution in [-0.2, 0) is 0 Å². The summed E-state index contributed by atoms with van der Waals surface area (Å²) < 4.78 is 19.1. The van der Waals surface area contributed by atoms with Crippen LogP contribution in [0.2, 0.25) is 0 Å². The summed E-state index contributed by atoms with van der Waals surface area (Å²) in [7, 11) is 0. The van der Waals surface area contributed by atoms with Crippen LogP contribution < -0.4 is 4.74 Å². The number of carbonyl (C=O) groups excluding carboxylic acids is 1. The Hall–Kier alpha value is -2.16. The summed E-state index contributed by atoms with van der Waals surface area (Å²) in [5.74, 6) is 0.210. The molecule has 3 heteroatoms. The van der Waals surface area contributed by atoms with E-state index in [0.29, 0.717) is 6.29 Å². The molecule has 0 aliphatic rings. The highest BCUT2D eigenvalue weighted by Gasteiger charge is 2.09. The van der Waals surface area contributed by atoms with E-state index in [2.05, 4.69) is 0 Å². The molecule has 19 heavy (non-hydrogen) atoms. The van der Waals surface area contributed by atoms with Gasteiger partial charge in [-0.2, -0.15) is 0 Å². The molecule has 0 aliphatic heterocycles. The van der Waals surface area contributed by atoms with E-state index >= 15 is 0 Å². The second kappa shape index (κ2) is 5.65. The number of benzene rings is 2. The lowest BCUT2D eigenvalue weighted by molar-refractivity contribution is 0.112. The van der Waals surface area contributed by atoms with Gasteiger partial charge in [-0.3, -0.25) is 4.79 Å². The first kappa shape index (κ1) is 13.3. The molecule has 0 heterocycles. The average molecular weight is 258 g/mol. The monoisotopic (exact) mass is 258 g/mol. The third kappa shape index (κ3) is 2.99. The molecule has 0 aromatic heterocycles. The lowest BCUT2D eigenvalue weighted by Crippen LogP contribution is -2.06. The molecule has 98 valence electrons. The molecule has 2 nitrogen and oxygen atoms in total. The minimum atomic E-state index is -0.513. The number of para-hydroxylation sites is 1. The maximum atomic E-state index is 13.3. The third-order valence-corrected chi connectivity index (χ3v) is 2.68. The molecule has 0 spiro atoms. The molecule has 0 aliphatic carbocycles. The predicted octanol–water partition coefficient (Wildman–Crippen LogP) is 4.09. The van der Waals surface area contributed by atoms with Gasteiger partial charge < -0.3 is 4.74 Å². The van der Waals surface area contributed by atoms with Crippen LogP contribution in [0.25, 0.3) is 11.1 Å². The van der Waals surface area contributed by atoms with E-state index in [1.54, 1.807) is 6.07 Å². The number of hydrogen-bond acceptors (Lipinski definition) is 2. The SMILES string of the molecule is CC(C)Oc1ccccc1-c1ccc(F)c(C=O)c1. The minimum Gasteiger partial charge on any atom is -0.490 e. The molecule has 2 aromatic carbocycles. The van der Waals surface area contributed by atoms with E-state index in [9.17, 15) is 9.18 Å². The van der Waals surface area contributed by atoms with Crippen molar-refractivity contribution in [3.05, 3.63) is 53.8 Å². The molecule has 0 N–H and O–H groups in total. The Morgan fingerprint density at radius 3 is 2.58 bits per heavy atom. The average Bonchev–Trinajstić information content (AvgIpc) is 2.39. The van der Waals surface area contributed by atoms with E-state index < -0.39 is 5.82 Å². The van der Waals surface area contributed by atoms with Gasteiger partial charge in [0.1, 0.15) is 11.6 Å². The first-order chi connectivity index (χ1) is 9.11. The normalized spacial score (nSPS) is 10.5.